The molecule has 6 heteroatoms. The minimum Gasteiger partial charge on any atom is -0.345 e. The maximum atomic E-state index is 12.2. The number of amides is 1. The van der Waals surface area contributed by atoms with Crippen LogP contribution in [0.1, 0.15) is 28.9 Å². The highest BCUT2D eigenvalue weighted by Gasteiger charge is 2.34. The third-order valence-electron chi connectivity index (χ3n) is 3.28. The second-order valence-corrected chi connectivity index (χ2v) is 5.82. The number of hydrogen-bond acceptors (Lipinski definition) is 4. The highest BCUT2D eigenvalue weighted by molar-refractivity contribution is 7.99. The maximum Gasteiger partial charge on any atom is 0.269 e. The van der Waals surface area contributed by atoms with Gasteiger partial charge in [-0.2, -0.15) is 22.3 Å². The van der Waals surface area contributed by atoms with E-state index in [-0.39, 0.29) is 5.91 Å². The molecule has 19 heavy (non-hydrogen) atoms. The van der Waals surface area contributed by atoms with E-state index in [2.05, 4.69) is 11.4 Å². The van der Waals surface area contributed by atoms with Crippen LogP contribution in [0.5, 0.6) is 0 Å². The van der Waals surface area contributed by atoms with Crippen LogP contribution in [0.4, 0.5) is 0 Å². The lowest BCUT2D eigenvalue weighted by Crippen LogP contribution is -2.50. The number of carbonyl (C=O) groups is 1. The summed E-state index contributed by atoms with van der Waals surface area (Å²) in [4.78, 5) is 12.2. The van der Waals surface area contributed by atoms with Crippen molar-refractivity contribution in [1.82, 2.24) is 9.88 Å². The van der Waals surface area contributed by atoms with Gasteiger partial charge in [0.15, 0.2) is 0 Å². The molecule has 0 saturated carbocycles. The van der Waals surface area contributed by atoms with Gasteiger partial charge in [0, 0.05) is 13.2 Å². The van der Waals surface area contributed by atoms with Crippen LogP contribution in [0.25, 0.3) is 0 Å². The number of nitrogens with zero attached hydrogens (tertiary/aromatic N) is 3. The zero-order chi connectivity index (χ0) is 13.9. The molecule has 2 rings (SSSR count). The summed E-state index contributed by atoms with van der Waals surface area (Å²) < 4.78 is 1.61. The Morgan fingerprint density at radius 2 is 2.16 bits per heavy atom. The minimum atomic E-state index is -0.764. The van der Waals surface area contributed by atoms with E-state index in [9.17, 15) is 10.1 Å². The number of aryl methyl sites for hydroxylation is 1. The van der Waals surface area contributed by atoms with Crippen molar-refractivity contribution < 1.29 is 4.79 Å². The molecular weight excluding hydrogens is 260 g/mol. The lowest BCUT2D eigenvalue weighted by atomic mass is 9.94. The van der Waals surface area contributed by atoms with Crippen molar-refractivity contribution in [3.63, 3.8) is 0 Å². The molecule has 1 N–H and O–H groups in total. The molecule has 0 radical (unpaired) electrons. The fourth-order valence-electron chi connectivity index (χ4n) is 2.12. The van der Waals surface area contributed by atoms with Crippen LogP contribution in [0, 0.1) is 22.7 Å². The van der Waals surface area contributed by atoms with E-state index in [0.717, 1.165) is 11.5 Å². The monoisotopic (exact) mass is 274 g/mol. The lowest BCUT2D eigenvalue weighted by molar-refractivity contribution is 0.0907. The van der Waals surface area contributed by atoms with Crippen LogP contribution in [-0.4, -0.2) is 27.5 Å². The van der Waals surface area contributed by atoms with E-state index in [1.807, 2.05) is 6.07 Å². The van der Waals surface area contributed by atoms with Crippen LogP contribution in [-0.2, 0) is 7.05 Å². The third-order valence-corrected chi connectivity index (χ3v) is 4.27. The predicted octanol–water partition coefficient (Wildman–Crippen LogP) is 1.42. The summed E-state index contributed by atoms with van der Waals surface area (Å²) >= 11 is 1.80. The lowest BCUT2D eigenvalue weighted by Gasteiger charge is -2.31. The molecule has 0 aromatic carbocycles. The highest BCUT2D eigenvalue weighted by Crippen LogP contribution is 2.26. The van der Waals surface area contributed by atoms with E-state index in [1.165, 1.54) is 6.07 Å². The maximum absolute atomic E-state index is 12.2. The Morgan fingerprint density at radius 3 is 2.68 bits per heavy atom. The molecule has 5 nitrogen and oxygen atoms in total. The first-order valence-electron chi connectivity index (χ1n) is 5.98. The van der Waals surface area contributed by atoms with E-state index in [1.54, 1.807) is 29.6 Å². The first-order chi connectivity index (χ1) is 9.10. The first-order valence-corrected chi connectivity index (χ1v) is 7.14. The van der Waals surface area contributed by atoms with Crippen molar-refractivity contribution >= 4 is 17.7 Å². The van der Waals surface area contributed by atoms with Crippen LogP contribution < -0.4 is 5.32 Å². The van der Waals surface area contributed by atoms with Crippen molar-refractivity contribution in [3.8, 4) is 12.1 Å². The second-order valence-electron chi connectivity index (χ2n) is 4.60. The Hall–Kier alpha value is -1.92. The predicted molar refractivity (Wildman–Crippen MR) is 72.5 cm³/mol. The average Bonchev–Trinajstić information content (AvgIpc) is 2.81. The minimum absolute atomic E-state index is 0.294. The third kappa shape index (κ3) is 2.74. The van der Waals surface area contributed by atoms with E-state index < -0.39 is 5.54 Å². The molecule has 0 spiro atoms. The van der Waals surface area contributed by atoms with E-state index in [0.29, 0.717) is 24.1 Å². The summed E-state index contributed by atoms with van der Waals surface area (Å²) in [5, 5.41) is 21.0. The van der Waals surface area contributed by atoms with Crippen molar-refractivity contribution in [1.29, 1.82) is 10.5 Å². The zero-order valence-electron chi connectivity index (χ0n) is 10.6. The fourth-order valence-corrected chi connectivity index (χ4v) is 3.31. The van der Waals surface area contributed by atoms with E-state index >= 15 is 0 Å². The van der Waals surface area contributed by atoms with Crippen LogP contribution in [0.2, 0.25) is 0 Å². The first kappa shape index (κ1) is 13.5. The van der Waals surface area contributed by atoms with Crippen molar-refractivity contribution in [2.45, 2.75) is 18.4 Å². The SMILES string of the molecule is Cn1cc(C#N)cc1C(=O)NC1(C#N)CCSCC1. The van der Waals surface area contributed by atoms with Gasteiger partial charge in [0.1, 0.15) is 17.3 Å². The molecule has 0 bridgehead atoms. The number of carbonyl (C=O) groups excluding carboxylic acids is 1. The van der Waals surface area contributed by atoms with Gasteiger partial charge in [-0.05, 0) is 30.4 Å². The molecule has 1 aromatic heterocycles. The van der Waals surface area contributed by atoms with Crippen molar-refractivity contribution in [2.24, 2.45) is 7.05 Å². The molecule has 1 aliphatic rings. The van der Waals surface area contributed by atoms with Crippen molar-refractivity contribution in [3.05, 3.63) is 23.5 Å². The summed E-state index contributed by atoms with van der Waals surface area (Å²) in [6.07, 6.45) is 2.93. The number of rotatable bonds is 2. The average molecular weight is 274 g/mol. The smallest absolute Gasteiger partial charge is 0.269 e. The van der Waals surface area contributed by atoms with Gasteiger partial charge >= 0.3 is 0 Å². The molecule has 1 aromatic rings. The van der Waals surface area contributed by atoms with Crippen LogP contribution in [0.3, 0.4) is 0 Å². The molecule has 1 fully saturated rings. The molecule has 0 aliphatic carbocycles. The number of nitriles is 2. The van der Waals surface area contributed by atoms with Gasteiger partial charge in [-0.1, -0.05) is 0 Å². The molecule has 98 valence electrons. The Bertz CT molecular complexity index is 572. The molecule has 1 saturated heterocycles. The molecule has 0 unspecified atom stereocenters. The number of hydrogen-bond donors (Lipinski definition) is 1. The number of thioether (sulfide) groups is 1. The van der Waals surface area contributed by atoms with E-state index in [4.69, 9.17) is 5.26 Å². The van der Waals surface area contributed by atoms with Gasteiger partial charge < -0.3 is 9.88 Å². The Morgan fingerprint density at radius 1 is 1.47 bits per heavy atom. The van der Waals surface area contributed by atoms with Gasteiger partial charge in [0.25, 0.3) is 5.91 Å². The van der Waals surface area contributed by atoms with Crippen LogP contribution in [0.15, 0.2) is 12.3 Å². The largest absolute Gasteiger partial charge is 0.345 e. The fraction of sp³-hybridized carbons (Fsp3) is 0.462. The number of nitrogens with one attached hydrogen (secondary N) is 1. The molecule has 1 amide bonds. The second kappa shape index (κ2) is 5.38. The van der Waals surface area contributed by atoms with Gasteiger partial charge in [0.05, 0.1) is 11.6 Å². The Balaban J connectivity index is 2.18. The molecule has 2 heterocycles. The Kier molecular flexibility index (Phi) is 3.82. The molecule has 1 aliphatic heterocycles. The van der Waals surface area contributed by atoms with Gasteiger partial charge in [0.2, 0.25) is 0 Å². The topological polar surface area (TPSA) is 81.6 Å². The molecule has 0 atom stereocenters. The molecular formula is C13H14N4OS. The summed E-state index contributed by atoms with van der Waals surface area (Å²) in [5.74, 6) is 1.46. The van der Waals surface area contributed by atoms with Gasteiger partial charge in [-0.15, -0.1) is 0 Å². The Labute approximate surface area is 116 Å². The van der Waals surface area contributed by atoms with Crippen molar-refractivity contribution in [2.75, 3.05) is 11.5 Å². The quantitative estimate of drug-likeness (QED) is 0.884. The summed E-state index contributed by atoms with van der Waals surface area (Å²) in [5.41, 5.74) is 0.0848. The standard InChI is InChI=1S/C13H14N4OS/c1-17-8-10(7-14)6-11(17)12(18)16-13(9-15)2-4-19-5-3-13/h6,8H,2-5H2,1H3,(H,16,18). The van der Waals surface area contributed by atoms with Gasteiger partial charge in [-0.25, -0.2) is 0 Å². The van der Waals surface area contributed by atoms with Crippen LogP contribution >= 0.6 is 11.8 Å². The summed E-state index contributed by atoms with van der Waals surface area (Å²) in [6.45, 7) is 0. The number of aromatic nitrogens is 1. The van der Waals surface area contributed by atoms with Gasteiger partial charge in [-0.3, -0.25) is 4.79 Å². The summed E-state index contributed by atoms with van der Waals surface area (Å²) in [6, 6.07) is 5.78. The normalized spacial score (nSPS) is 17.2. The zero-order valence-corrected chi connectivity index (χ0v) is 11.5. The highest BCUT2D eigenvalue weighted by atomic mass is 32.2. The summed E-state index contributed by atoms with van der Waals surface area (Å²) in [7, 11) is 1.71.